The fourth-order valence-corrected chi connectivity index (χ4v) is 2.90. The lowest BCUT2D eigenvalue weighted by atomic mass is 9.98. The van der Waals surface area contributed by atoms with Gasteiger partial charge in [0.25, 0.3) is 0 Å². The monoisotopic (exact) mass is 256 g/mol. The number of hydrogen-bond acceptors (Lipinski definition) is 3. The van der Waals surface area contributed by atoms with Crippen LogP contribution in [0.25, 0.3) is 11.3 Å². The Bertz CT molecular complexity index is 578. The van der Waals surface area contributed by atoms with Crippen LogP contribution in [0, 0.1) is 24.2 Å². The van der Waals surface area contributed by atoms with E-state index in [1.165, 1.54) is 5.56 Å². The lowest BCUT2D eigenvalue weighted by Gasteiger charge is -2.08. The molecule has 0 N–H and O–H groups in total. The van der Waals surface area contributed by atoms with E-state index in [4.69, 9.17) is 0 Å². The number of benzene rings is 1. The van der Waals surface area contributed by atoms with Crippen LogP contribution < -0.4 is 0 Å². The zero-order valence-electron chi connectivity index (χ0n) is 10.8. The van der Waals surface area contributed by atoms with E-state index in [1.54, 1.807) is 11.3 Å². The maximum atomic E-state index is 9.19. The average Bonchev–Trinajstić information content (AvgIpc) is 2.79. The summed E-state index contributed by atoms with van der Waals surface area (Å²) in [4.78, 5) is 4.61. The molecule has 0 fully saturated rings. The van der Waals surface area contributed by atoms with Crippen molar-refractivity contribution in [2.24, 2.45) is 5.92 Å². The van der Waals surface area contributed by atoms with E-state index in [1.807, 2.05) is 11.4 Å². The molecule has 2 rings (SSSR count). The molecule has 0 saturated heterocycles. The highest BCUT2D eigenvalue weighted by Gasteiger charge is 2.19. The molecule has 0 bridgehead atoms. The highest BCUT2D eigenvalue weighted by molar-refractivity contribution is 7.10. The second-order valence-electron chi connectivity index (χ2n) is 4.79. The summed E-state index contributed by atoms with van der Waals surface area (Å²) in [6.07, 6.45) is 0. The van der Waals surface area contributed by atoms with Crippen LogP contribution in [0.5, 0.6) is 0 Å². The van der Waals surface area contributed by atoms with Gasteiger partial charge in [-0.25, -0.2) is 4.98 Å². The van der Waals surface area contributed by atoms with Crippen molar-refractivity contribution in [3.05, 3.63) is 40.2 Å². The maximum absolute atomic E-state index is 9.19. The Labute approximate surface area is 112 Å². The lowest BCUT2D eigenvalue weighted by Crippen LogP contribution is -2.03. The molecule has 3 heteroatoms. The van der Waals surface area contributed by atoms with Crippen LogP contribution in [0.1, 0.15) is 30.3 Å². The number of nitriles is 1. The molecule has 0 aliphatic rings. The van der Waals surface area contributed by atoms with Crippen LogP contribution in [0.15, 0.2) is 29.6 Å². The predicted molar refractivity (Wildman–Crippen MR) is 75.5 cm³/mol. The van der Waals surface area contributed by atoms with Gasteiger partial charge in [0.15, 0.2) is 0 Å². The molecule has 92 valence electrons. The largest absolute Gasteiger partial charge is 0.240 e. The molecule has 0 aliphatic heterocycles. The first kappa shape index (κ1) is 12.8. The lowest BCUT2D eigenvalue weighted by molar-refractivity contribution is 0.585. The van der Waals surface area contributed by atoms with Crippen molar-refractivity contribution in [3.63, 3.8) is 0 Å². The van der Waals surface area contributed by atoms with Crippen molar-refractivity contribution < 1.29 is 0 Å². The summed E-state index contributed by atoms with van der Waals surface area (Å²) in [5.41, 5.74) is 3.32. The van der Waals surface area contributed by atoms with Gasteiger partial charge in [-0.2, -0.15) is 5.26 Å². The molecule has 1 atom stereocenters. The van der Waals surface area contributed by atoms with E-state index >= 15 is 0 Å². The van der Waals surface area contributed by atoms with E-state index in [2.05, 4.69) is 50.0 Å². The van der Waals surface area contributed by atoms with E-state index in [-0.39, 0.29) is 5.92 Å². The summed E-state index contributed by atoms with van der Waals surface area (Å²) in [6.45, 7) is 6.19. The van der Waals surface area contributed by atoms with Crippen molar-refractivity contribution in [2.45, 2.75) is 26.7 Å². The molecule has 2 aromatic rings. The molecule has 1 heterocycles. The second kappa shape index (κ2) is 5.32. The van der Waals surface area contributed by atoms with Gasteiger partial charge in [-0.15, -0.1) is 11.3 Å². The fraction of sp³-hybridized carbons (Fsp3) is 0.333. The first-order valence-electron chi connectivity index (χ1n) is 6.04. The third-order valence-electron chi connectivity index (χ3n) is 2.91. The predicted octanol–water partition coefficient (Wildman–Crippen LogP) is 4.38. The molecule has 0 radical (unpaired) electrons. The van der Waals surface area contributed by atoms with Gasteiger partial charge in [-0.3, -0.25) is 0 Å². The summed E-state index contributed by atoms with van der Waals surface area (Å²) >= 11 is 1.58. The maximum Gasteiger partial charge on any atom is 0.111 e. The van der Waals surface area contributed by atoms with Crippen molar-refractivity contribution in [3.8, 4) is 17.3 Å². The Morgan fingerprint density at radius 2 is 2.11 bits per heavy atom. The van der Waals surface area contributed by atoms with Gasteiger partial charge in [0.1, 0.15) is 10.9 Å². The van der Waals surface area contributed by atoms with E-state index in [0.717, 1.165) is 16.3 Å². The molecular weight excluding hydrogens is 240 g/mol. The summed E-state index contributed by atoms with van der Waals surface area (Å²) in [5.74, 6) is 0.195. The topological polar surface area (TPSA) is 36.7 Å². The van der Waals surface area contributed by atoms with Crippen LogP contribution in [-0.4, -0.2) is 4.98 Å². The Balaban J connectivity index is 2.34. The number of aryl methyl sites for hydroxylation is 1. The summed E-state index contributed by atoms with van der Waals surface area (Å²) in [7, 11) is 0. The van der Waals surface area contributed by atoms with Gasteiger partial charge in [0.2, 0.25) is 0 Å². The molecule has 0 saturated carbocycles. The van der Waals surface area contributed by atoms with Crippen molar-refractivity contribution in [1.29, 1.82) is 5.26 Å². The van der Waals surface area contributed by atoms with Gasteiger partial charge in [0.05, 0.1) is 11.8 Å². The SMILES string of the molecule is Cc1cccc(-c2csc(C(C#N)C(C)C)n2)c1. The third kappa shape index (κ3) is 2.60. The van der Waals surface area contributed by atoms with Gasteiger partial charge >= 0.3 is 0 Å². The fourth-order valence-electron chi connectivity index (χ4n) is 1.86. The number of thiazole rings is 1. The van der Waals surface area contributed by atoms with Gasteiger partial charge in [0, 0.05) is 10.9 Å². The minimum absolute atomic E-state index is 0.103. The Morgan fingerprint density at radius 3 is 2.72 bits per heavy atom. The minimum atomic E-state index is -0.103. The van der Waals surface area contributed by atoms with Crippen LogP contribution in [0.3, 0.4) is 0 Å². The zero-order valence-corrected chi connectivity index (χ0v) is 11.7. The molecule has 18 heavy (non-hydrogen) atoms. The number of aromatic nitrogens is 1. The molecule has 0 spiro atoms. The van der Waals surface area contributed by atoms with Crippen LogP contribution >= 0.6 is 11.3 Å². The second-order valence-corrected chi connectivity index (χ2v) is 5.68. The third-order valence-corrected chi connectivity index (χ3v) is 3.84. The minimum Gasteiger partial charge on any atom is -0.240 e. The first-order valence-corrected chi connectivity index (χ1v) is 6.92. The summed E-state index contributed by atoms with van der Waals surface area (Å²) in [6, 6.07) is 10.6. The quantitative estimate of drug-likeness (QED) is 0.817. The van der Waals surface area contributed by atoms with Crippen LogP contribution in [-0.2, 0) is 0 Å². The normalized spacial score (nSPS) is 12.4. The summed E-state index contributed by atoms with van der Waals surface area (Å²) in [5, 5.41) is 12.1. The van der Waals surface area contributed by atoms with Gasteiger partial charge in [-0.1, -0.05) is 37.6 Å². The van der Waals surface area contributed by atoms with E-state index in [0.29, 0.717) is 5.92 Å². The van der Waals surface area contributed by atoms with E-state index < -0.39 is 0 Å². The van der Waals surface area contributed by atoms with Crippen LogP contribution in [0.2, 0.25) is 0 Å². The van der Waals surface area contributed by atoms with Gasteiger partial charge in [-0.05, 0) is 18.9 Å². The zero-order chi connectivity index (χ0) is 13.1. The first-order chi connectivity index (χ1) is 8.61. The van der Waals surface area contributed by atoms with Crippen molar-refractivity contribution >= 4 is 11.3 Å². The standard InChI is InChI=1S/C15H16N2S/c1-10(2)13(8-16)15-17-14(9-18-15)12-6-4-5-11(3)7-12/h4-7,9-10,13H,1-3H3. The molecule has 1 unspecified atom stereocenters. The molecule has 1 aromatic carbocycles. The van der Waals surface area contributed by atoms with Crippen molar-refractivity contribution in [1.82, 2.24) is 4.98 Å². The number of nitrogens with zero attached hydrogens (tertiary/aromatic N) is 2. The molecule has 0 amide bonds. The van der Waals surface area contributed by atoms with Gasteiger partial charge < -0.3 is 0 Å². The van der Waals surface area contributed by atoms with Crippen molar-refractivity contribution in [2.75, 3.05) is 0 Å². The molecular formula is C15H16N2S. The number of rotatable bonds is 3. The molecule has 1 aromatic heterocycles. The average molecular weight is 256 g/mol. The smallest absolute Gasteiger partial charge is 0.111 e. The highest BCUT2D eigenvalue weighted by atomic mass is 32.1. The molecule has 2 nitrogen and oxygen atoms in total. The van der Waals surface area contributed by atoms with Crippen LogP contribution in [0.4, 0.5) is 0 Å². The Morgan fingerprint density at radius 1 is 1.33 bits per heavy atom. The van der Waals surface area contributed by atoms with E-state index in [9.17, 15) is 5.26 Å². The highest BCUT2D eigenvalue weighted by Crippen LogP contribution is 2.30. The molecule has 0 aliphatic carbocycles. The Kier molecular flexibility index (Phi) is 3.78. The Hall–Kier alpha value is -1.66. The summed E-state index contributed by atoms with van der Waals surface area (Å²) < 4.78 is 0. The number of hydrogen-bond donors (Lipinski definition) is 0.